The van der Waals surface area contributed by atoms with Gasteiger partial charge in [-0.25, -0.2) is 0 Å². The molecule has 4 heteroatoms. The summed E-state index contributed by atoms with van der Waals surface area (Å²) in [7, 11) is 0. The zero-order chi connectivity index (χ0) is 9.97. The molecule has 74 valence electrons. The summed E-state index contributed by atoms with van der Waals surface area (Å²) in [5.41, 5.74) is 1.18. The molecule has 0 spiro atoms. The van der Waals surface area contributed by atoms with Crippen molar-refractivity contribution in [2.75, 3.05) is 13.1 Å². The molecule has 1 saturated heterocycles. The van der Waals surface area contributed by atoms with E-state index in [4.69, 9.17) is 5.11 Å². The maximum atomic E-state index is 10.5. The van der Waals surface area contributed by atoms with Crippen LogP contribution in [-0.4, -0.2) is 34.0 Å². The number of hydrogen-bond donors (Lipinski definition) is 1. The molecular formula is C10H12N2O2. The number of pyridine rings is 1. The van der Waals surface area contributed by atoms with Crippen LogP contribution >= 0.6 is 0 Å². The zero-order valence-corrected chi connectivity index (χ0v) is 7.76. The molecule has 1 aromatic rings. The van der Waals surface area contributed by atoms with E-state index >= 15 is 0 Å². The summed E-state index contributed by atoms with van der Waals surface area (Å²) in [5, 5.41) is 8.68. The van der Waals surface area contributed by atoms with Crippen LogP contribution in [0.3, 0.4) is 0 Å². The standard InChI is InChI=1S/C10H12N2O2/c13-10(14)9-6-12(7-9)5-8-1-3-11-4-2-8/h1-4,9H,5-7H2,(H,13,14). The molecule has 0 saturated carbocycles. The van der Waals surface area contributed by atoms with E-state index in [0.29, 0.717) is 13.1 Å². The van der Waals surface area contributed by atoms with Gasteiger partial charge in [0.2, 0.25) is 0 Å². The lowest BCUT2D eigenvalue weighted by molar-refractivity contribution is -0.147. The molecular weight excluding hydrogens is 180 g/mol. The average Bonchev–Trinajstić information content (AvgIpc) is 2.12. The maximum absolute atomic E-state index is 10.5. The van der Waals surface area contributed by atoms with Crippen molar-refractivity contribution in [1.29, 1.82) is 0 Å². The summed E-state index contributed by atoms with van der Waals surface area (Å²) in [6.07, 6.45) is 3.51. The van der Waals surface area contributed by atoms with Gasteiger partial charge in [-0.3, -0.25) is 14.7 Å². The fourth-order valence-electron chi connectivity index (χ4n) is 1.60. The Morgan fingerprint density at radius 3 is 2.71 bits per heavy atom. The topological polar surface area (TPSA) is 53.4 Å². The number of hydrogen-bond acceptors (Lipinski definition) is 3. The fourth-order valence-corrected chi connectivity index (χ4v) is 1.60. The molecule has 2 rings (SSSR count). The van der Waals surface area contributed by atoms with Gasteiger partial charge in [-0.1, -0.05) is 0 Å². The van der Waals surface area contributed by atoms with Gasteiger partial charge < -0.3 is 5.11 Å². The van der Waals surface area contributed by atoms with Gasteiger partial charge in [-0.15, -0.1) is 0 Å². The number of likely N-dealkylation sites (tertiary alicyclic amines) is 1. The summed E-state index contributed by atoms with van der Waals surface area (Å²) in [6.45, 7) is 2.15. The summed E-state index contributed by atoms with van der Waals surface area (Å²) >= 11 is 0. The van der Waals surface area contributed by atoms with Gasteiger partial charge in [-0.2, -0.15) is 0 Å². The summed E-state index contributed by atoms with van der Waals surface area (Å²) in [5.74, 6) is -0.854. The lowest BCUT2D eigenvalue weighted by Gasteiger charge is -2.36. The number of carbonyl (C=O) groups is 1. The molecule has 4 nitrogen and oxygen atoms in total. The van der Waals surface area contributed by atoms with Crippen LogP contribution in [0, 0.1) is 5.92 Å². The first-order valence-electron chi connectivity index (χ1n) is 4.60. The second-order valence-electron chi connectivity index (χ2n) is 3.58. The third-order valence-electron chi connectivity index (χ3n) is 2.46. The van der Waals surface area contributed by atoms with E-state index in [2.05, 4.69) is 9.88 Å². The van der Waals surface area contributed by atoms with E-state index in [1.807, 2.05) is 12.1 Å². The van der Waals surface area contributed by atoms with E-state index < -0.39 is 5.97 Å². The lowest BCUT2D eigenvalue weighted by atomic mass is 10.00. The van der Waals surface area contributed by atoms with Crippen LogP contribution in [0.15, 0.2) is 24.5 Å². The Bertz CT molecular complexity index is 320. The average molecular weight is 192 g/mol. The SMILES string of the molecule is O=C(O)C1CN(Cc2ccncc2)C1. The van der Waals surface area contributed by atoms with Gasteiger partial charge >= 0.3 is 5.97 Å². The molecule has 0 aromatic carbocycles. The smallest absolute Gasteiger partial charge is 0.309 e. The van der Waals surface area contributed by atoms with Crippen LogP contribution in [-0.2, 0) is 11.3 Å². The highest BCUT2D eigenvalue weighted by Crippen LogP contribution is 2.18. The third kappa shape index (κ3) is 1.90. The Kier molecular flexibility index (Phi) is 2.45. The molecule has 0 bridgehead atoms. The van der Waals surface area contributed by atoms with Crippen molar-refractivity contribution in [3.05, 3.63) is 30.1 Å². The van der Waals surface area contributed by atoms with Crippen molar-refractivity contribution in [3.8, 4) is 0 Å². The van der Waals surface area contributed by atoms with Crippen molar-refractivity contribution in [2.45, 2.75) is 6.54 Å². The van der Waals surface area contributed by atoms with Gasteiger partial charge in [0.05, 0.1) is 5.92 Å². The first kappa shape index (κ1) is 9.15. The molecule has 1 fully saturated rings. The van der Waals surface area contributed by atoms with Crippen LogP contribution in [0.2, 0.25) is 0 Å². The van der Waals surface area contributed by atoms with Crippen molar-refractivity contribution in [3.63, 3.8) is 0 Å². The predicted octanol–water partition coefficient (Wildman–Crippen LogP) is 0.598. The Hall–Kier alpha value is -1.42. The van der Waals surface area contributed by atoms with Crippen molar-refractivity contribution in [1.82, 2.24) is 9.88 Å². The highest BCUT2D eigenvalue weighted by atomic mass is 16.4. The Morgan fingerprint density at radius 1 is 1.50 bits per heavy atom. The molecule has 0 unspecified atom stereocenters. The van der Waals surface area contributed by atoms with Crippen LogP contribution in [0.25, 0.3) is 0 Å². The molecule has 0 amide bonds. The Balaban J connectivity index is 1.82. The van der Waals surface area contributed by atoms with E-state index in [1.165, 1.54) is 5.56 Å². The van der Waals surface area contributed by atoms with Gasteiger partial charge in [0.25, 0.3) is 0 Å². The predicted molar refractivity (Wildman–Crippen MR) is 50.6 cm³/mol. The van der Waals surface area contributed by atoms with E-state index in [-0.39, 0.29) is 5.92 Å². The highest BCUT2D eigenvalue weighted by Gasteiger charge is 2.31. The summed E-state index contributed by atoms with van der Waals surface area (Å²) in [4.78, 5) is 16.6. The van der Waals surface area contributed by atoms with Crippen LogP contribution in [0.4, 0.5) is 0 Å². The summed E-state index contributed by atoms with van der Waals surface area (Å²) in [6, 6.07) is 3.90. The molecule has 1 N–H and O–H groups in total. The van der Waals surface area contributed by atoms with Crippen LogP contribution < -0.4 is 0 Å². The summed E-state index contributed by atoms with van der Waals surface area (Å²) < 4.78 is 0. The van der Waals surface area contributed by atoms with Crippen LogP contribution in [0.1, 0.15) is 5.56 Å². The third-order valence-corrected chi connectivity index (χ3v) is 2.46. The van der Waals surface area contributed by atoms with E-state index in [0.717, 1.165) is 6.54 Å². The van der Waals surface area contributed by atoms with Gasteiger partial charge in [-0.05, 0) is 17.7 Å². The van der Waals surface area contributed by atoms with Gasteiger partial charge in [0, 0.05) is 32.0 Å². The molecule has 1 aliphatic rings. The van der Waals surface area contributed by atoms with Crippen molar-refractivity contribution < 1.29 is 9.90 Å². The molecule has 2 heterocycles. The lowest BCUT2D eigenvalue weighted by Crippen LogP contribution is -2.49. The molecule has 1 aromatic heterocycles. The number of rotatable bonds is 3. The molecule has 0 atom stereocenters. The van der Waals surface area contributed by atoms with Crippen LogP contribution in [0.5, 0.6) is 0 Å². The van der Waals surface area contributed by atoms with Crippen molar-refractivity contribution >= 4 is 5.97 Å². The number of nitrogens with zero attached hydrogens (tertiary/aromatic N) is 2. The zero-order valence-electron chi connectivity index (χ0n) is 7.76. The first-order valence-corrected chi connectivity index (χ1v) is 4.60. The molecule has 0 radical (unpaired) electrons. The minimum Gasteiger partial charge on any atom is -0.481 e. The molecule has 0 aliphatic carbocycles. The monoisotopic (exact) mass is 192 g/mol. The highest BCUT2D eigenvalue weighted by molar-refractivity contribution is 5.71. The number of aliphatic carboxylic acids is 1. The second-order valence-corrected chi connectivity index (χ2v) is 3.58. The van der Waals surface area contributed by atoms with E-state index in [1.54, 1.807) is 12.4 Å². The fraction of sp³-hybridized carbons (Fsp3) is 0.400. The number of carboxylic acids is 1. The second kappa shape index (κ2) is 3.75. The normalized spacial score (nSPS) is 17.7. The number of carboxylic acid groups (broad SMARTS) is 1. The van der Waals surface area contributed by atoms with Gasteiger partial charge in [0.15, 0.2) is 0 Å². The maximum Gasteiger partial charge on any atom is 0.309 e. The molecule has 1 aliphatic heterocycles. The van der Waals surface area contributed by atoms with E-state index in [9.17, 15) is 4.79 Å². The minimum atomic E-state index is -0.684. The minimum absolute atomic E-state index is 0.170. The first-order chi connectivity index (χ1) is 6.75. The largest absolute Gasteiger partial charge is 0.481 e. The Labute approximate surface area is 82.2 Å². The molecule has 14 heavy (non-hydrogen) atoms. The van der Waals surface area contributed by atoms with Crippen molar-refractivity contribution in [2.24, 2.45) is 5.92 Å². The van der Waals surface area contributed by atoms with Gasteiger partial charge in [0.1, 0.15) is 0 Å². The Morgan fingerprint density at radius 2 is 2.14 bits per heavy atom. The quantitative estimate of drug-likeness (QED) is 0.761. The number of aromatic nitrogens is 1.